The van der Waals surface area contributed by atoms with Gasteiger partial charge >= 0.3 is 0 Å². The van der Waals surface area contributed by atoms with E-state index in [-0.39, 0.29) is 11.9 Å². The minimum absolute atomic E-state index is 0.134. The number of amides is 1. The molecule has 2 rings (SSSR count). The van der Waals surface area contributed by atoms with Crippen molar-refractivity contribution in [1.29, 1.82) is 0 Å². The van der Waals surface area contributed by atoms with Crippen molar-refractivity contribution in [3.63, 3.8) is 0 Å². The smallest absolute Gasteiger partial charge is 0.217 e. The molecular formula is C12H13BrN2OS. The molecule has 0 spiro atoms. The highest BCUT2D eigenvalue weighted by molar-refractivity contribution is 9.10. The highest BCUT2D eigenvalue weighted by Gasteiger charge is 2.13. The summed E-state index contributed by atoms with van der Waals surface area (Å²) >= 11 is 5.18. The number of carbonyl (C=O) groups excluding carboxylic acids is 1. The molecule has 2 aromatic rings. The first-order valence-corrected chi connectivity index (χ1v) is 6.96. The van der Waals surface area contributed by atoms with Gasteiger partial charge in [-0.2, -0.15) is 0 Å². The van der Waals surface area contributed by atoms with Crippen LogP contribution in [0.4, 0.5) is 0 Å². The first kappa shape index (κ1) is 12.5. The summed E-state index contributed by atoms with van der Waals surface area (Å²) in [6.07, 6.45) is 0.917. The monoisotopic (exact) mass is 312 g/mol. The van der Waals surface area contributed by atoms with E-state index in [9.17, 15) is 4.79 Å². The maximum atomic E-state index is 10.8. The Hall–Kier alpha value is -0.910. The van der Waals surface area contributed by atoms with Crippen LogP contribution in [-0.4, -0.2) is 5.91 Å². The zero-order valence-electron chi connectivity index (χ0n) is 9.15. The Kier molecular flexibility index (Phi) is 3.81. The third-order valence-corrected chi connectivity index (χ3v) is 4.65. The van der Waals surface area contributed by atoms with Crippen LogP contribution in [0.2, 0.25) is 0 Å². The van der Waals surface area contributed by atoms with Crippen LogP contribution in [0.1, 0.15) is 24.4 Å². The van der Waals surface area contributed by atoms with Gasteiger partial charge in [-0.15, -0.1) is 11.3 Å². The maximum Gasteiger partial charge on any atom is 0.217 e. The van der Waals surface area contributed by atoms with Gasteiger partial charge < -0.3 is 11.5 Å². The first-order valence-electron chi connectivity index (χ1n) is 5.29. The van der Waals surface area contributed by atoms with Crippen LogP contribution in [0.15, 0.2) is 28.1 Å². The lowest BCUT2D eigenvalue weighted by Crippen LogP contribution is -2.16. The summed E-state index contributed by atoms with van der Waals surface area (Å²) in [7, 11) is 0. The molecule has 4 N–H and O–H groups in total. The highest BCUT2D eigenvalue weighted by Crippen LogP contribution is 2.35. The summed E-state index contributed by atoms with van der Waals surface area (Å²) in [6.45, 7) is 0. The number of carbonyl (C=O) groups is 1. The van der Waals surface area contributed by atoms with Crippen LogP contribution in [0.25, 0.3) is 10.1 Å². The van der Waals surface area contributed by atoms with E-state index in [1.165, 1.54) is 4.70 Å². The number of rotatable bonds is 4. The average molecular weight is 313 g/mol. The number of hydrogen-bond acceptors (Lipinski definition) is 3. The molecular weight excluding hydrogens is 300 g/mol. The van der Waals surface area contributed by atoms with Crippen LogP contribution in [0, 0.1) is 0 Å². The van der Waals surface area contributed by atoms with Gasteiger partial charge in [0.2, 0.25) is 5.91 Å². The van der Waals surface area contributed by atoms with Crippen LogP contribution in [0.3, 0.4) is 0 Å². The van der Waals surface area contributed by atoms with Gasteiger partial charge in [0.25, 0.3) is 0 Å². The minimum Gasteiger partial charge on any atom is -0.370 e. The second-order valence-corrected chi connectivity index (χ2v) is 5.65. The van der Waals surface area contributed by atoms with Crippen LogP contribution < -0.4 is 11.5 Å². The van der Waals surface area contributed by atoms with Gasteiger partial charge in [-0.25, -0.2) is 0 Å². The van der Waals surface area contributed by atoms with Gasteiger partial charge in [-0.3, -0.25) is 4.79 Å². The number of benzene rings is 1. The largest absolute Gasteiger partial charge is 0.370 e. The molecule has 0 aliphatic rings. The van der Waals surface area contributed by atoms with Gasteiger partial charge in [0.05, 0.1) is 0 Å². The van der Waals surface area contributed by atoms with E-state index in [0.29, 0.717) is 12.8 Å². The molecule has 1 aromatic carbocycles. The summed E-state index contributed by atoms with van der Waals surface area (Å²) < 4.78 is 2.27. The Bertz CT molecular complexity index is 552. The van der Waals surface area contributed by atoms with Crippen molar-refractivity contribution in [3.8, 4) is 0 Å². The number of nitrogens with two attached hydrogens (primary N) is 2. The Morgan fingerprint density at radius 1 is 1.47 bits per heavy atom. The third-order valence-electron chi connectivity index (χ3n) is 2.68. The molecule has 0 fully saturated rings. The zero-order chi connectivity index (χ0) is 12.4. The van der Waals surface area contributed by atoms with Gasteiger partial charge in [-0.05, 0) is 44.7 Å². The van der Waals surface area contributed by atoms with Crippen molar-refractivity contribution in [2.24, 2.45) is 11.5 Å². The number of halogens is 1. The Labute approximate surface area is 112 Å². The fourth-order valence-corrected chi connectivity index (χ4v) is 3.47. The molecule has 0 saturated heterocycles. The van der Waals surface area contributed by atoms with Crippen molar-refractivity contribution in [2.45, 2.75) is 18.9 Å². The second-order valence-electron chi connectivity index (χ2n) is 3.92. The standard InChI is InChI=1S/C12H13BrN2OS/c13-9-3-1-2-7-8(6-17-12(7)9)10(14)4-5-11(15)16/h1-3,6,10H,4-5,14H2,(H2,15,16). The quantitative estimate of drug-likeness (QED) is 0.911. The van der Waals surface area contributed by atoms with E-state index in [2.05, 4.69) is 27.4 Å². The molecule has 0 saturated carbocycles. The predicted molar refractivity (Wildman–Crippen MR) is 74.9 cm³/mol. The minimum atomic E-state index is -0.304. The average Bonchev–Trinajstić information content (AvgIpc) is 2.71. The van der Waals surface area contributed by atoms with Gasteiger partial charge in [0, 0.05) is 21.6 Å². The predicted octanol–water partition coefficient (Wildman–Crippen LogP) is 2.93. The summed E-state index contributed by atoms with van der Waals surface area (Å²) in [5.74, 6) is -0.304. The van der Waals surface area contributed by atoms with Crippen molar-refractivity contribution < 1.29 is 4.79 Å². The lowest BCUT2D eigenvalue weighted by molar-refractivity contribution is -0.118. The van der Waals surface area contributed by atoms with E-state index < -0.39 is 0 Å². The van der Waals surface area contributed by atoms with Crippen LogP contribution >= 0.6 is 27.3 Å². The molecule has 1 unspecified atom stereocenters. The molecule has 0 bridgehead atoms. The SMILES string of the molecule is NC(=O)CCC(N)c1csc2c(Br)cccc12. The molecule has 90 valence electrons. The molecule has 0 aliphatic heterocycles. The molecule has 0 radical (unpaired) electrons. The molecule has 5 heteroatoms. The normalized spacial score (nSPS) is 12.8. The Morgan fingerprint density at radius 2 is 2.24 bits per heavy atom. The molecule has 3 nitrogen and oxygen atoms in total. The third kappa shape index (κ3) is 2.68. The fraction of sp³-hybridized carbons (Fsp3) is 0.250. The molecule has 1 amide bonds. The summed E-state index contributed by atoms with van der Waals surface area (Å²) in [5, 5.41) is 3.21. The molecule has 1 aromatic heterocycles. The number of hydrogen-bond donors (Lipinski definition) is 2. The van der Waals surface area contributed by atoms with E-state index in [4.69, 9.17) is 11.5 Å². The van der Waals surface area contributed by atoms with Crippen LogP contribution in [-0.2, 0) is 4.79 Å². The number of thiophene rings is 1. The van der Waals surface area contributed by atoms with Crippen molar-refractivity contribution >= 4 is 43.3 Å². The topological polar surface area (TPSA) is 69.1 Å². The fourth-order valence-electron chi connectivity index (χ4n) is 1.78. The Balaban J connectivity index is 2.29. The first-order chi connectivity index (χ1) is 8.09. The van der Waals surface area contributed by atoms with E-state index in [1.807, 2.05) is 12.1 Å². The molecule has 17 heavy (non-hydrogen) atoms. The highest BCUT2D eigenvalue weighted by atomic mass is 79.9. The summed E-state index contributed by atoms with van der Waals surface area (Å²) in [4.78, 5) is 10.8. The van der Waals surface area contributed by atoms with Crippen LogP contribution in [0.5, 0.6) is 0 Å². The van der Waals surface area contributed by atoms with E-state index in [0.717, 1.165) is 15.4 Å². The van der Waals surface area contributed by atoms with Crippen molar-refractivity contribution in [1.82, 2.24) is 0 Å². The van der Waals surface area contributed by atoms with Crippen molar-refractivity contribution in [3.05, 3.63) is 33.6 Å². The van der Waals surface area contributed by atoms with E-state index >= 15 is 0 Å². The molecule has 0 aliphatic carbocycles. The molecule has 1 atom stereocenters. The molecule has 1 heterocycles. The number of fused-ring (bicyclic) bond motifs is 1. The summed E-state index contributed by atoms with van der Waals surface area (Å²) in [5.41, 5.74) is 12.3. The Morgan fingerprint density at radius 3 is 2.94 bits per heavy atom. The zero-order valence-corrected chi connectivity index (χ0v) is 11.6. The lowest BCUT2D eigenvalue weighted by atomic mass is 10.0. The van der Waals surface area contributed by atoms with Gasteiger partial charge in [0.15, 0.2) is 0 Å². The number of primary amides is 1. The second kappa shape index (κ2) is 5.16. The summed E-state index contributed by atoms with van der Waals surface area (Å²) in [6, 6.07) is 5.92. The maximum absolute atomic E-state index is 10.8. The van der Waals surface area contributed by atoms with E-state index in [1.54, 1.807) is 11.3 Å². The van der Waals surface area contributed by atoms with Crippen molar-refractivity contribution in [2.75, 3.05) is 0 Å². The lowest BCUT2D eigenvalue weighted by Gasteiger charge is -2.09. The van der Waals surface area contributed by atoms with Gasteiger partial charge in [0.1, 0.15) is 0 Å². The van der Waals surface area contributed by atoms with Gasteiger partial charge in [-0.1, -0.05) is 12.1 Å².